The fraction of sp³-hybridized carbons (Fsp3) is 0.682. The third-order valence-corrected chi connectivity index (χ3v) is 6.87. The predicted molar refractivity (Wildman–Crippen MR) is 103 cm³/mol. The molecule has 142 valence electrons. The first-order valence-electron chi connectivity index (χ1n) is 10.4. The summed E-state index contributed by atoms with van der Waals surface area (Å²) < 4.78 is 5.62. The van der Waals surface area contributed by atoms with E-state index in [1.54, 1.807) is 7.11 Å². The van der Waals surface area contributed by atoms with Gasteiger partial charge in [-0.3, -0.25) is 9.69 Å². The van der Waals surface area contributed by atoms with E-state index in [-0.39, 0.29) is 17.9 Å². The molecular formula is C22H32N2O2. The lowest BCUT2D eigenvalue weighted by Crippen LogP contribution is -2.43. The van der Waals surface area contributed by atoms with Crippen molar-refractivity contribution in [3.8, 4) is 5.75 Å². The molecule has 2 saturated carbocycles. The number of benzene rings is 1. The van der Waals surface area contributed by atoms with Gasteiger partial charge < -0.3 is 10.1 Å². The Morgan fingerprint density at radius 2 is 2.00 bits per heavy atom. The van der Waals surface area contributed by atoms with Crippen LogP contribution in [0.2, 0.25) is 0 Å². The molecule has 4 rings (SSSR count). The molecule has 1 heterocycles. The lowest BCUT2D eigenvalue weighted by atomic mass is 9.88. The van der Waals surface area contributed by atoms with Crippen LogP contribution in [0.5, 0.6) is 5.75 Å². The second-order valence-electron chi connectivity index (χ2n) is 8.38. The van der Waals surface area contributed by atoms with Gasteiger partial charge in [-0.1, -0.05) is 31.0 Å². The molecule has 1 N–H and O–H groups in total. The van der Waals surface area contributed by atoms with Gasteiger partial charge in [0.05, 0.1) is 13.2 Å². The number of amides is 1. The van der Waals surface area contributed by atoms with E-state index in [0.29, 0.717) is 12.5 Å². The zero-order valence-corrected chi connectivity index (χ0v) is 16.0. The van der Waals surface area contributed by atoms with Crippen molar-refractivity contribution in [3.63, 3.8) is 0 Å². The maximum Gasteiger partial charge on any atom is 0.223 e. The first kappa shape index (κ1) is 17.8. The Bertz CT molecular complexity index is 626. The molecular weight excluding hydrogens is 324 g/mol. The van der Waals surface area contributed by atoms with E-state index in [0.717, 1.165) is 31.2 Å². The molecule has 0 unspecified atom stereocenters. The largest absolute Gasteiger partial charge is 0.496 e. The third-order valence-electron chi connectivity index (χ3n) is 6.87. The molecule has 1 aliphatic heterocycles. The quantitative estimate of drug-likeness (QED) is 0.843. The molecule has 0 radical (unpaired) electrons. The summed E-state index contributed by atoms with van der Waals surface area (Å²) in [5.74, 6) is 2.92. The molecule has 1 amide bonds. The molecule has 3 aliphatic rings. The van der Waals surface area contributed by atoms with Crippen molar-refractivity contribution in [2.24, 2.45) is 17.8 Å². The van der Waals surface area contributed by atoms with E-state index in [4.69, 9.17) is 4.74 Å². The lowest BCUT2D eigenvalue weighted by Gasteiger charge is -2.36. The highest BCUT2D eigenvalue weighted by Gasteiger charge is 2.43. The number of carbonyl (C=O) groups excluding carboxylic acids is 1. The number of para-hydroxylation sites is 1. The van der Waals surface area contributed by atoms with Crippen LogP contribution in [0.1, 0.15) is 56.6 Å². The topological polar surface area (TPSA) is 41.6 Å². The molecule has 2 aliphatic carbocycles. The predicted octanol–water partition coefficient (Wildman–Crippen LogP) is 3.77. The Balaban J connectivity index is 1.47. The van der Waals surface area contributed by atoms with Crippen molar-refractivity contribution in [2.75, 3.05) is 26.7 Å². The maximum atomic E-state index is 12.8. The van der Waals surface area contributed by atoms with Crippen molar-refractivity contribution in [3.05, 3.63) is 29.8 Å². The zero-order chi connectivity index (χ0) is 17.9. The Morgan fingerprint density at radius 1 is 1.19 bits per heavy atom. The summed E-state index contributed by atoms with van der Waals surface area (Å²) >= 11 is 0. The molecule has 1 saturated heterocycles. The van der Waals surface area contributed by atoms with Crippen molar-refractivity contribution in [1.29, 1.82) is 0 Å². The fourth-order valence-electron chi connectivity index (χ4n) is 5.50. The highest BCUT2D eigenvalue weighted by Crippen LogP contribution is 2.48. The Kier molecular flexibility index (Phi) is 5.49. The van der Waals surface area contributed by atoms with E-state index < -0.39 is 0 Å². The van der Waals surface area contributed by atoms with E-state index in [1.807, 2.05) is 12.1 Å². The van der Waals surface area contributed by atoms with Crippen LogP contribution < -0.4 is 10.1 Å². The molecule has 26 heavy (non-hydrogen) atoms. The van der Waals surface area contributed by atoms with Crippen molar-refractivity contribution in [2.45, 2.75) is 51.0 Å². The number of likely N-dealkylation sites (tertiary alicyclic amines) is 1. The monoisotopic (exact) mass is 356 g/mol. The van der Waals surface area contributed by atoms with Crippen LogP contribution in [0, 0.1) is 17.8 Å². The lowest BCUT2D eigenvalue weighted by molar-refractivity contribution is -0.126. The van der Waals surface area contributed by atoms with Gasteiger partial charge in [0.25, 0.3) is 0 Å². The average molecular weight is 357 g/mol. The maximum absolute atomic E-state index is 12.8. The summed E-state index contributed by atoms with van der Waals surface area (Å²) in [5.41, 5.74) is 1.20. The minimum atomic E-state index is 0.203. The average Bonchev–Trinajstić information content (AvgIpc) is 3.33. The second-order valence-corrected chi connectivity index (χ2v) is 8.38. The first-order chi connectivity index (χ1) is 12.8. The van der Waals surface area contributed by atoms with Crippen LogP contribution >= 0.6 is 0 Å². The number of fused-ring (bicyclic) bond motifs is 2. The highest BCUT2D eigenvalue weighted by molar-refractivity contribution is 5.79. The van der Waals surface area contributed by atoms with Gasteiger partial charge in [0.2, 0.25) is 5.91 Å². The molecule has 0 spiro atoms. The summed E-state index contributed by atoms with van der Waals surface area (Å²) in [5, 5.41) is 3.32. The molecule has 2 bridgehead atoms. The molecule has 4 heteroatoms. The minimum Gasteiger partial charge on any atom is -0.496 e. The van der Waals surface area contributed by atoms with Gasteiger partial charge in [-0.05, 0) is 63.1 Å². The molecule has 0 aromatic heterocycles. The van der Waals surface area contributed by atoms with Crippen LogP contribution in [0.25, 0.3) is 0 Å². The molecule has 1 aromatic rings. The number of nitrogens with zero attached hydrogens (tertiary/aromatic N) is 1. The van der Waals surface area contributed by atoms with Crippen LogP contribution in [-0.2, 0) is 4.79 Å². The Labute approximate surface area is 157 Å². The van der Waals surface area contributed by atoms with Crippen LogP contribution in [-0.4, -0.2) is 37.6 Å². The summed E-state index contributed by atoms with van der Waals surface area (Å²) in [6.45, 7) is 2.90. The summed E-state index contributed by atoms with van der Waals surface area (Å²) in [7, 11) is 1.74. The number of hydrogen-bond donors (Lipinski definition) is 1. The van der Waals surface area contributed by atoms with E-state index in [1.165, 1.54) is 44.1 Å². The van der Waals surface area contributed by atoms with Crippen LogP contribution in [0.4, 0.5) is 0 Å². The van der Waals surface area contributed by atoms with Gasteiger partial charge in [-0.2, -0.15) is 0 Å². The number of ether oxygens (including phenoxy) is 1. The summed E-state index contributed by atoms with van der Waals surface area (Å²) in [6.07, 6.45) is 8.78. The normalized spacial score (nSPS) is 29.5. The first-order valence-corrected chi connectivity index (χ1v) is 10.4. The van der Waals surface area contributed by atoms with Gasteiger partial charge in [0.15, 0.2) is 0 Å². The second kappa shape index (κ2) is 7.99. The van der Waals surface area contributed by atoms with Crippen LogP contribution in [0.3, 0.4) is 0 Å². The number of hydrogen-bond acceptors (Lipinski definition) is 3. The molecule has 3 fully saturated rings. The molecule has 4 atom stereocenters. The van der Waals surface area contributed by atoms with Crippen molar-refractivity contribution in [1.82, 2.24) is 10.2 Å². The van der Waals surface area contributed by atoms with Gasteiger partial charge >= 0.3 is 0 Å². The van der Waals surface area contributed by atoms with Crippen LogP contribution in [0.15, 0.2) is 24.3 Å². The Hall–Kier alpha value is -1.55. The summed E-state index contributed by atoms with van der Waals surface area (Å²) in [6, 6.07) is 8.48. The Morgan fingerprint density at radius 3 is 2.69 bits per heavy atom. The fourth-order valence-corrected chi connectivity index (χ4v) is 5.50. The minimum absolute atomic E-state index is 0.203. The third kappa shape index (κ3) is 3.62. The van der Waals surface area contributed by atoms with E-state index in [2.05, 4.69) is 22.3 Å². The van der Waals surface area contributed by atoms with Gasteiger partial charge in [0.1, 0.15) is 5.75 Å². The van der Waals surface area contributed by atoms with Crippen molar-refractivity contribution >= 4 is 5.91 Å². The number of piperidine rings is 1. The summed E-state index contributed by atoms with van der Waals surface area (Å²) in [4.78, 5) is 15.4. The molecule has 4 nitrogen and oxygen atoms in total. The van der Waals surface area contributed by atoms with E-state index in [9.17, 15) is 4.79 Å². The number of rotatable bonds is 6. The van der Waals surface area contributed by atoms with Crippen molar-refractivity contribution < 1.29 is 9.53 Å². The van der Waals surface area contributed by atoms with Gasteiger partial charge in [0, 0.05) is 18.0 Å². The van der Waals surface area contributed by atoms with Gasteiger partial charge in [-0.25, -0.2) is 0 Å². The standard InChI is InChI=1S/C22H32N2O2/c1-26-21-8-4-3-7-18(21)20(24-11-5-2-6-12-24)15-23-22(25)19-14-16-9-10-17(19)13-16/h3-4,7-8,16-17,19-20H,2,5-6,9-15H2,1H3,(H,23,25)/t16-,17-,19-,20-/m1/s1. The zero-order valence-electron chi connectivity index (χ0n) is 16.0. The number of carbonyl (C=O) groups is 1. The van der Waals surface area contributed by atoms with E-state index >= 15 is 0 Å². The highest BCUT2D eigenvalue weighted by atomic mass is 16.5. The van der Waals surface area contributed by atoms with Gasteiger partial charge in [-0.15, -0.1) is 0 Å². The SMILES string of the molecule is COc1ccccc1[C@@H](CNC(=O)[C@@H]1C[C@@H]2CC[C@@H]1C2)N1CCCCC1. The number of nitrogens with one attached hydrogen (secondary N) is 1. The smallest absolute Gasteiger partial charge is 0.223 e. The number of methoxy groups -OCH3 is 1. The molecule has 1 aromatic carbocycles.